The maximum absolute atomic E-state index is 13.8. The fraction of sp³-hybridized carbons (Fsp3) is 0.500. The lowest BCUT2D eigenvalue weighted by Crippen LogP contribution is -2.41. The predicted molar refractivity (Wildman–Crippen MR) is 124 cm³/mol. The highest BCUT2D eigenvalue weighted by Gasteiger charge is 2.24. The molecule has 0 unspecified atom stereocenters. The van der Waals surface area contributed by atoms with Gasteiger partial charge in [-0.05, 0) is 60.8 Å². The SMILES string of the molecule is CC(C)c1cccc(C(C)C)c1NC(=O)N[C@H]1CC[C@H](OCc2c(F)cccc2F)CC1. The first-order chi connectivity index (χ1) is 15.3. The van der Waals surface area contributed by atoms with Gasteiger partial charge in [-0.25, -0.2) is 13.6 Å². The van der Waals surface area contributed by atoms with Crippen molar-refractivity contribution in [1.29, 1.82) is 0 Å². The largest absolute Gasteiger partial charge is 0.373 e. The van der Waals surface area contributed by atoms with E-state index in [0.29, 0.717) is 11.8 Å². The quantitative estimate of drug-likeness (QED) is 0.490. The average Bonchev–Trinajstić information content (AvgIpc) is 2.74. The number of hydrogen-bond donors (Lipinski definition) is 2. The van der Waals surface area contributed by atoms with Crippen molar-refractivity contribution < 1.29 is 18.3 Å². The van der Waals surface area contributed by atoms with Crippen LogP contribution in [0.15, 0.2) is 36.4 Å². The van der Waals surface area contributed by atoms with Crippen LogP contribution in [0.1, 0.15) is 81.9 Å². The van der Waals surface area contributed by atoms with E-state index in [2.05, 4.69) is 50.5 Å². The van der Waals surface area contributed by atoms with Gasteiger partial charge in [-0.2, -0.15) is 0 Å². The molecule has 0 radical (unpaired) electrons. The molecular weight excluding hydrogens is 410 g/mol. The maximum atomic E-state index is 13.8. The zero-order valence-corrected chi connectivity index (χ0v) is 19.4. The van der Waals surface area contributed by atoms with Crippen LogP contribution in [0.5, 0.6) is 0 Å². The van der Waals surface area contributed by atoms with Gasteiger partial charge >= 0.3 is 6.03 Å². The first-order valence-electron chi connectivity index (χ1n) is 11.5. The maximum Gasteiger partial charge on any atom is 0.319 e. The Bertz CT molecular complexity index is 876. The molecule has 174 valence electrons. The minimum absolute atomic E-state index is 0.0306. The number of carbonyl (C=O) groups excluding carboxylic acids is 1. The van der Waals surface area contributed by atoms with E-state index in [0.717, 1.165) is 42.5 Å². The summed E-state index contributed by atoms with van der Waals surface area (Å²) in [7, 11) is 0. The zero-order valence-electron chi connectivity index (χ0n) is 19.4. The van der Waals surface area contributed by atoms with Crippen LogP contribution in [0.25, 0.3) is 0 Å². The molecule has 1 aliphatic carbocycles. The summed E-state index contributed by atoms with van der Waals surface area (Å²) in [6.45, 7) is 8.41. The molecular formula is C26H34F2N2O2. The average molecular weight is 445 g/mol. The Hall–Kier alpha value is -2.47. The van der Waals surface area contributed by atoms with Crippen molar-refractivity contribution in [2.75, 3.05) is 5.32 Å². The number of amides is 2. The summed E-state index contributed by atoms with van der Waals surface area (Å²) in [6.07, 6.45) is 2.94. The van der Waals surface area contributed by atoms with Crippen molar-refractivity contribution >= 4 is 11.7 Å². The number of benzene rings is 2. The first kappa shape index (κ1) is 24.2. The zero-order chi connectivity index (χ0) is 23.3. The summed E-state index contributed by atoms with van der Waals surface area (Å²) >= 11 is 0. The molecule has 3 rings (SSSR count). The second-order valence-electron chi connectivity index (χ2n) is 9.20. The van der Waals surface area contributed by atoms with Gasteiger partial charge in [0, 0.05) is 17.3 Å². The van der Waals surface area contributed by atoms with Crippen molar-refractivity contribution in [3.05, 3.63) is 64.7 Å². The van der Waals surface area contributed by atoms with E-state index >= 15 is 0 Å². The molecule has 0 spiro atoms. The van der Waals surface area contributed by atoms with Crippen LogP contribution in [0, 0.1) is 11.6 Å². The number of rotatable bonds is 7. The molecule has 2 aromatic carbocycles. The normalized spacial score (nSPS) is 18.8. The molecule has 4 nitrogen and oxygen atoms in total. The summed E-state index contributed by atoms with van der Waals surface area (Å²) in [5.74, 6) is -0.564. The molecule has 0 aromatic heterocycles. The summed E-state index contributed by atoms with van der Waals surface area (Å²) in [4.78, 5) is 12.8. The number of hydrogen-bond acceptors (Lipinski definition) is 2. The smallest absolute Gasteiger partial charge is 0.319 e. The Kier molecular flexibility index (Phi) is 8.24. The van der Waals surface area contributed by atoms with Crippen LogP contribution >= 0.6 is 0 Å². The molecule has 0 saturated heterocycles. The van der Waals surface area contributed by atoms with Crippen molar-refractivity contribution in [2.24, 2.45) is 0 Å². The lowest BCUT2D eigenvalue weighted by Gasteiger charge is -2.29. The van der Waals surface area contributed by atoms with Crippen LogP contribution < -0.4 is 10.6 Å². The molecule has 2 amide bonds. The first-order valence-corrected chi connectivity index (χ1v) is 11.5. The number of para-hydroxylation sites is 1. The van der Waals surface area contributed by atoms with E-state index in [4.69, 9.17) is 4.74 Å². The molecule has 32 heavy (non-hydrogen) atoms. The van der Waals surface area contributed by atoms with Crippen LogP contribution in [0.4, 0.5) is 19.3 Å². The number of anilines is 1. The molecule has 2 aromatic rings. The molecule has 0 atom stereocenters. The van der Waals surface area contributed by atoms with E-state index < -0.39 is 11.6 Å². The highest BCUT2D eigenvalue weighted by atomic mass is 19.1. The Balaban J connectivity index is 1.52. The number of carbonyl (C=O) groups is 1. The molecule has 6 heteroatoms. The molecule has 0 heterocycles. The summed E-state index contributed by atoms with van der Waals surface area (Å²) in [6, 6.07) is 9.85. The highest BCUT2D eigenvalue weighted by Crippen LogP contribution is 2.32. The standard InChI is InChI=1S/C26H34F2N2O2/c1-16(2)20-7-5-8-21(17(3)4)25(20)30-26(31)29-18-11-13-19(14-12-18)32-15-22-23(27)9-6-10-24(22)28/h5-10,16-19H,11-15H2,1-4H3,(H2,29,30,31)/t18-,19-. The van der Waals surface area contributed by atoms with E-state index in [1.165, 1.54) is 18.2 Å². The lowest BCUT2D eigenvalue weighted by molar-refractivity contribution is 0.00964. The van der Waals surface area contributed by atoms with E-state index in [-0.39, 0.29) is 30.3 Å². The Morgan fingerprint density at radius 2 is 1.47 bits per heavy atom. The number of nitrogens with one attached hydrogen (secondary N) is 2. The van der Waals surface area contributed by atoms with Gasteiger partial charge in [0.2, 0.25) is 0 Å². The van der Waals surface area contributed by atoms with E-state index in [1.807, 2.05) is 6.07 Å². The Labute approximate surface area is 189 Å². The van der Waals surface area contributed by atoms with Crippen LogP contribution in [-0.4, -0.2) is 18.2 Å². The highest BCUT2D eigenvalue weighted by molar-refractivity contribution is 5.91. The molecule has 2 N–H and O–H groups in total. The summed E-state index contributed by atoms with van der Waals surface area (Å²) in [5, 5.41) is 6.18. The minimum Gasteiger partial charge on any atom is -0.373 e. The van der Waals surface area contributed by atoms with Crippen molar-refractivity contribution in [1.82, 2.24) is 5.32 Å². The minimum atomic E-state index is -0.584. The lowest BCUT2D eigenvalue weighted by atomic mass is 9.92. The van der Waals surface area contributed by atoms with Gasteiger partial charge in [-0.15, -0.1) is 0 Å². The van der Waals surface area contributed by atoms with Crippen LogP contribution in [0.2, 0.25) is 0 Å². The van der Waals surface area contributed by atoms with Crippen LogP contribution in [-0.2, 0) is 11.3 Å². The Morgan fingerprint density at radius 1 is 0.938 bits per heavy atom. The summed E-state index contributed by atoms with van der Waals surface area (Å²) < 4.78 is 33.3. The second-order valence-corrected chi connectivity index (χ2v) is 9.20. The molecule has 1 saturated carbocycles. The second kappa shape index (κ2) is 10.9. The topological polar surface area (TPSA) is 50.4 Å². The van der Waals surface area contributed by atoms with Crippen molar-refractivity contribution in [2.45, 2.75) is 84.0 Å². The van der Waals surface area contributed by atoms with Gasteiger partial charge in [0.25, 0.3) is 0 Å². The fourth-order valence-electron chi connectivity index (χ4n) is 4.28. The molecule has 0 aliphatic heterocycles. The number of urea groups is 1. The summed E-state index contributed by atoms with van der Waals surface area (Å²) in [5.41, 5.74) is 3.13. The third-order valence-corrected chi connectivity index (χ3v) is 6.15. The van der Waals surface area contributed by atoms with Crippen LogP contribution in [0.3, 0.4) is 0 Å². The van der Waals surface area contributed by atoms with E-state index in [1.54, 1.807) is 0 Å². The van der Waals surface area contributed by atoms with Gasteiger partial charge in [-0.3, -0.25) is 0 Å². The monoisotopic (exact) mass is 444 g/mol. The van der Waals surface area contributed by atoms with Gasteiger partial charge in [0.15, 0.2) is 0 Å². The predicted octanol–water partition coefficient (Wildman–Crippen LogP) is 6.86. The molecule has 1 fully saturated rings. The van der Waals surface area contributed by atoms with Gasteiger partial charge in [0.05, 0.1) is 12.7 Å². The van der Waals surface area contributed by atoms with Crippen molar-refractivity contribution in [3.63, 3.8) is 0 Å². The van der Waals surface area contributed by atoms with Gasteiger partial charge in [-0.1, -0.05) is 52.0 Å². The van der Waals surface area contributed by atoms with Gasteiger partial charge < -0.3 is 15.4 Å². The van der Waals surface area contributed by atoms with Gasteiger partial charge in [0.1, 0.15) is 11.6 Å². The van der Waals surface area contributed by atoms with E-state index in [9.17, 15) is 13.6 Å². The molecule has 1 aliphatic rings. The third-order valence-electron chi connectivity index (χ3n) is 6.15. The fourth-order valence-corrected chi connectivity index (χ4v) is 4.28. The Morgan fingerprint density at radius 3 is 2.00 bits per heavy atom. The van der Waals surface area contributed by atoms with Crippen molar-refractivity contribution in [3.8, 4) is 0 Å². The molecule has 0 bridgehead atoms. The number of halogens is 2. The number of ether oxygens (including phenoxy) is 1. The third kappa shape index (κ3) is 6.06.